The lowest BCUT2D eigenvalue weighted by Crippen LogP contribution is -1.83. The summed E-state index contributed by atoms with van der Waals surface area (Å²) < 4.78 is 11.9. The average molecular weight is 369 g/mol. The van der Waals surface area contributed by atoms with Crippen LogP contribution < -0.4 is 0 Å². The van der Waals surface area contributed by atoms with E-state index in [2.05, 4.69) is 15.9 Å². The molecule has 0 radical (unpaired) electrons. The Morgan fingerprint density at radius 3 is 2.35 bits per heavy atom. The van der Waals surface area contributed by atoms with Crippen molar-refractivity contribution in [3.63, 3.8) is 0 Å². The third kappa shape index (κ3) is 4.20. The van der Waals surface area contributed by atoms with Gasteiger partial charge in [0.05, 0.1) is 6.26 Å². The van der Waals surface area contributed by atoms with E-state index in [1.807, 2.05) is 36.4 Å². The summed E-state index contributed by atoms with van der Waals surface area (Å²) >= 11 is 3.40. The van der Waals surface area contributed by atoms with Gasteiger partial charge in [0.15, 0.2) is 5.78 Å². The van der Waals surface area contributed by atoms with E-state index in [0.717, 1.165) is 15.8 Å². The van der Waals surface area contributed by atoms with Crippen molar-refractivity contribution in [1.29, 1.82) is 0 Å². The SMILES string of the molecule is O=C(C=Cc1ccco1)C=Cc1ccc(-c2ccc(Br)cc2)o1. The molecule has 0 fully saturated rings. The van der Waals surface area contributed by atoms with Crippen LogP contribution in [0.4, 0.5) is 0 Å². The lowest BCUT2D eigenvalue weighted by atomic mass is 10.2. The van der Waals surface area contributed by atoms with Crippen LogP contribution in [0.3, 0.4) is 0 Å². The van der Waals surface area contributed by atoms with Gasteiger partial charge in [0, 0.05) is 10.0 Å². The van der Waals surface area contributed by atoms with E-state index >= 15 is 0 Å². The first-order valence-corrected chi connectivity index (χ1v) is 7.79. The molecule has 3 aromatic rings. The second kappa shape index (κ2) is 7.11. The van der Waals surface area contributed by atoms with Gasteiger partial charge in [-0.2, -0.15) is 0 Å². The molecule has 0 bridgehead atoms. The highest BCUT2D eigenvalue weighted by Gasteiger charge is 2.03. The Bertz CT molecular complexity index is 837. The Morgan fingerprint density at radius 2 is 1.65 bits per heavy atom. The van der Waals surface area contributed by atoms with Crippen molar-refractivity contribution in [1.82, 2.24) is 0 Å². The maximum atomic E-state index is 11.8. The molecule has 3 nitrogen and oxygen atoms in total. The zero-order valence-corrected chi connectivity index (χ0v) is 13.7. The van der Waals surface area contributed by atoms with Gasteiger partial charge in [-0.25, -0.2) is 0 Å². The van der Waals surface area contributed by atoms with Gasteiger partial charge in [-0.3, -0.25) is 4.79 Å². The summed E-state index contributed by atoms with van der Waals surface area (Å²) in [6.45, 7) is 0. The minimum absolute atomic E-state index is 0.136. The molecule has 3 rings (SSSR count). The lowest BCUT2D eigenvalue weighted by molar-refractivity contribution is -0.110. The Morgan fingerprint density at radius 1 is 0.913 bits per heavy atom. The molecule has 0 saturated carbocycles. The van der Waals surface area contributed by atoms with Gasteiger partial charge in [0.25, 0.3) is 0 Å². The van der Waals surface area contributed by atoms with Crippen LogP contribution in [0.1, 0.15) is 11.5 Å². The molecule has 4 heteroatoms. The van der Waals surface area contributed by atoms with Crippen LogP contribution in [0.2, 0.25) is 0 Å². The van der Waals surface area contributed by atoms with Crippen molar-refractivity contribution in [3.05, 3.63) is 82.9 Å². The molecule has 23 heavy (non-hydrogen) atoms. The fourth-order valence-electron chi connectivity index (χ4n) is 1.98. The summed E-state index contributed by atoms with van der Waals surface area (Å²) in [4.78, 5) is 11.8. The molecule has 0 unspecified atom stereocenters. The number of carbonyl (C=O) groups is 1. The monoisotopic (exact) mass is 368 g/mol. The molecule has 1 aromatic carbocycles. The highest BCUT2D eigenvalue weighted by molar-refractivity contribution is 9.10. The summed E-state index contributed by atoms with van der Waals surface area (Å²) in [5, 5.41) is 0. The Hall–Kier alpha value is -2.59. The fraction of sp³-hybridized carbons (Fsp3) is 0. The average Bonchev–Trinajstić information content (AvgIpc) is 3.23. The molecule has 0 saturated heterocycles. The number of hydrogen-bond donors (Lipinski definition) is 0. The van der Waals surface area contributed by atoms with Crippen molar-refractivity contribution in [2.75, 3.05) is 0 Å². The van der Waals surface area contributed by atoms with Crippen LogP contribution >= 0.6 is 15.9 Å². The number of hydrogen-bond acceptors (Lipinski definition) is 3. The first-order chi connectivity index (χ1) is 11.2. The van der Waals surface area contributed by atoms with Gasteiger partial charge < -0.3 is 8.83 Å². The van der Waals surface area contributed by atoms with Gasteiger partial charge in [-0.15, -0.1) is 0 Å². The minimum atomic E-state index is -0.136. The number of allylic oxidation sites excluding steroid dienone is 2. The zero-order chi connectivity index (χ0) is 16.1. The quantitative estimate of drug-likeness (QED) is 0.550. The second-order valence-corrected chi connectivity index (χ2v) is 5.71. The van der Waals surface area contributed by atoms with Crippen molar-refractivity contribution in [3.8, 4) is 11.3 Å². The summed E-state index contributed by atoms with van der Waals surface area (Å²) in [6.07, 6.45) is 7.75. The maximum absolute atomic E-state index is 11.8. The standard InChI is InChI=1S/C19H13BrO3/c20-15-5-3-14(4-6-15)19-12-11-18(23-19)10-8-16(21)7-9-17-2-1-13-22-17/h1-13H. The first kappa shape index (κ1) is 15.3. The molecule has 114 valence electrons. The Kier molecular flexibility index (Phi) is 4.74. The van der Waals surface area contributed by atoms with Crippen molar-refractivity contribution >= 4 is 33.9 Å². The van der Waals surface area contributed by atoms with Crippen LogP contribution in [0.15, 0.2) is 80.3 Å². The van der Waals surface area contributed by atoms with Crippen LogP contribution in [0.5, 0.6) is 0 Å². The van der Waals surface area contributed by atoms with Crippen molar-refractivity contribution in [2.24, 2.45) is 0 Å². The molecule has 0 aliphatic carbocycles. The van der Waals surface area contributed by atoms with Crippen LogP contribution in [-0.4, -0.2) is 5.78 Å². The fourth-order valence-corrected chi connectivity index (χ4v) is 2.25. The largest absolute Gasteiger partial charge is 0.465 e. The van der Waals surface area contributed by atoms with Gasteiger partial charge in [0.1, 0.15) is 17.3 Å². The molecule has 2 aromatic heterocycles. The van der Waals surface area contributed by atoms with E-state index in [-0.39, 0.29) is 5.78 Å². The predicted octanol–water partition coefficient (Wildman–Crippen LogP) is 5.60. The van der Waals surface area contributed by atoms with E-state index in [1.54, 1.807) is 30.5 Å². The van der Waals surface area contributed by atoms with Crippen LogP contribution in [0.25, 0.3) is 23.5 Å². The number of halogens is 1. The maximum Gasteiger partial charge on any atom is 0.178 e. The first-order valence-electron chi connectivity index (χ1n) is 7.00. The summed E-state index contributed by atoms with van der Waals surface area (Å²) in [7, 11) is 0. The van der Waals surface area contributed by atoms with E-state index < -0.39 is 0 Å². The van der Waals surface area contributed by atoms with E-state index in [9.17, 15) is 4.79 Å². The summed E-state index contributed by atoms with van der Waals surface area (Å²) in [5.41, 5.74) is 0.983. The topological polar surface area (TPSA) is 43.4 Å². The number of furan rings is 2. The molecular weight excluding hydrogens is 356 g/mol. The van der Waals surface area contributed by atoms with Crippen LogP contribution in [-0.2, 0) is 4.79 Å². The summed E-state index contributed by atoms with van der Waals surface area (Å²) in [5.74, 6) is 1.89. The number of ketones is 1. The molecule has 0 amide bonds. The molecule has 0 atom stereocenters. The van der Waals surface area contributed by atoms with Crippen LogP contribution in [0, 0.1) is 0 Å². The lowest BCUT2D eigenvalue weighted by Gasteiger charge is -1.96. The molecule has 2 heterocycles. The van der Waals surface area contributed by atoms with E-state index in [4.69, 9.17) is 8.83 Å². The number of carbonyl (C=O) groups excluding carboxylic acids is 1. The smallest absolute Gasteiger partial charge is 0.178 e. The minimum Gasteiger partial charge on any atom is -0.465 e. The van der Waals surface area contributed by atoms with Gasteiger partial charge in [-0.1, -0.05) is 28.1 Å². The van der Waals surface area contributed by atoms with E-state index in [1.165, 1.54) is 12.2 Å². The molecule has 0 spiro atoms. The normalized spacial score (nSPS) is 11.5. The zero-order valence-electron chi connectivity index (χ0n) is 12.1. The highest BCUT2D eigenvalue weighted by Crippen LogP contribution is 2.24. The molecular formula is C19H13BrO3. The van der Waals surface area contributed by atoms with Crippen molar-refractivity contribution in [2.45, 2.75) is 0 Å². The third-order valence-corrected chi connectivity index (χ3v) is 3.65. The third-order valence-electron chi connectivity index (χ3n) is 3.12. The van der Waals surface area contributed by atoms with Gasteiger partial charge in [0.2, 0.25) is 0 Å². The number of rotatable bonds is 5. The molecule has 0 N–H and O–H groups in total. The predicted molar refractivity (Wildman–Crippen MR) is 93.6 cm³/mol. The summed E-state index contributed by atoms with van der Waals surface area (Å²) in [6, 6.07) is 15.1. The van der Waals surface area contributed by atoms with Crippen molar-refractivity contribution < 1.29 is 13.6 Å². The Balaban J connectivity index is 1.66. The van der Waals surface area contributed by atoms with Gasteiger partial charge >= 0.3 is 0 Å². The molecule has 0 aliphatic rings. The Labute approximate surface area is 142 Å². The molecule has 0 aliphatic heterocycles. The van der Waals surface area contributed by atoms with Gasteiger partial charge in [-0.05, 0) is 60.7 Å². The highest BCUT2D eigenvalue weighted by atomic mass is 79.9. The second-order valence-electron chi connectivity index (χ2n) is 4.79. The van der Waals surface area contributed by atoms with E-state index in [0.29, 0.717) is 11.5 Å². The number of benzene rings is 1.